The summed E-state index contributed by atoms with van der Waals surface area (Å²) in [6.45, 7) is 6.07. The van der Waals surface area contributed by atoms with Crippen LogP contribution in [0.15, 0.2) is 22.6 Å². The van der Waals surface area contributed by atoms with Crippen molar-refractivity contribution in [1.82, 2.24) is 25.1 Å². The van der Waals surface area contributed by atoms with Gasteiger partial charge in [0.05, 0.1) is 5.56 Å². The maximum Gasteiger partial charge on any atom is 0.254 e. The zero-order chi connectivity index (χ0) is 18.5. The van der Waals surface area contributed by atoms with Crippen molar-refractivity contribution in [3.05, 3.63) is 41.1 Å². The molecule has 1 aliphatic carbocycles. The number of nitrogens with one attached hydrogen (secondary N) is 1. The molecule has 0 radical (unpaired) electrons. The Morgan fingerprint density at radius 2 is 2.07 bits per heavy atom. The number of hydrogen-bond donors (Lipinski definition) is 1. The fraction of sp³-hybridized carbons (Fsp3) is 0.474. The number of hydrogen-bond acceptors (Lipinski definition) is 6. The molecule has 3 aromatic rings. The number of carbonyl (C=O) groups excluding carboxylic acids is 1. The van der Waals surface area contributed by atoms with E-state index in [0.717, 1.165) is 36.1 Å². The molecule has 2 aliphatic rings. The second-order valence-corrected chi connectivity index (χ2v) is 7.60. The SMILES string of the molecule is Cc1cc(C(=O)NCC2CN(c3ccc4nnc(C5CC5)n4n3)C2)c(C)o1. The van der Waals surface area contributed by atoms with Crippen molar-refractivity contribution in [3.63, 3.8) is 0 Å². The smallest absolute Gasteiger partial charge is 0.254 e. The predicted octanol–water partition coefficient (Wildman–Crippen LogP) is 2.08. The van der Waals surface area contributed by atoms with Gasteiger partial charge in [-0.2, -0.15) is 4.52 Å². The molecule has 0 unspecified atom stereocenters. The highest BCUT2D eigenvalue weighted by Gasteiger charge is 2.31. The number of aryl methyl sites for hydroxylation is 2. The molecular weight excluding hydrogens is 344 g/mol. The summed E-state index contributed by atoms with van der Waals surface area (Å²) in [6.07, 6.45) is 2.35. The molecule has 0 atom stereocenters. The molecule has 1 amide bonds. The highest BCUT2D eigenvalue weighted by molar-refractivity contribution is 5.95. The summed E-state index contributed by atoms with van der Waals surface area (Å²) in [5.41, 5.74) is 1.42. The quantitative estimate of drug-likeness (QED) is 0.744. The Balaban J connectivity index is 1.19. The maximum absolute atomic E-state index is 12.3. The van der Waals surface area contributed by atoms with Crippen LogP contribution in [0.1, 0.15) is 46.5 Å². The van der Waals surface area contributed by atoms with E-state index in [4.69, 9.17) is 9.52 Å². The molecule has 3 aromatic heterocycles. The van der Waals surface area contributed by atoms with Crippen LogP contribution in [0.5, 0.6) is 0 Å². The Hall–Kier alpha value is -2.90. The van der Waals surface area contributed by atoms with Crippen LogP contribution >= 0.6 is 0 Å². The second kappa shape index (κ2) is 6.07. The highest BCUT2D eigenvalue weighted by atomic mass is 16.3. The average Bonchev–Trinajstić information content (AvgIpc) is 3.27. The van der Waals surface area contributed by atoms with Gasteiger partial charge in [-0.1, -0.05) is 0 Å². The largest absolute Gasteiger partial charge is 0.466 e. The van der Waals surface area contributed by atoms with Crippen molar-refractivity contribution in [2.75, 3.05) is 24.5 Å². The van der Waals surface area contributed by atoms with Gasteiger partial charge in [0.2, 0.25) is 0 Å². The van der Waals surface area contributed by atoms with E-state index in [1.165, 1.54) is 12.8 Å². The first-order valence-electron chi connectivity index (χ1n) is 9.41. The Bertz CT molecular complexity index is 1010. The van der Waals surface area contributed by atoms with Crippen LogP contribution in [0.4, 0.5) is 5.82 Å². The number of amides is 1. The molecular formula is C19H22N6O2. The number of rotatable bonds is 5. The molecule has 0 aromatic carbocycles. The third kappa shape index (κ3) is 2.94. The number of nitrogens with zero attached hydrogens (tertiary/aromatic N) is 5. The summed E-state index contributed by atoms with van der Waals surface area (Å²) >= 11 is 0. The van der Waals surface area contributed by atoms with Crippen molar-refractivity contribution in [2.45, 2.75) is 32.6 Å². The highest BCUT2D eigenvalue weighted by Crippen LogP contribution is 2.38. The molecule has 0 spiro atoms. The lowest BCUT2D eigenvalue weighted by Crippen LogP contribution is -2.52. The molecule has 8 nitrogen and oxygen atoms in total. The van der Waals surface area contributed by atoms with E-state index in [-0.39, 0.29) is 5.91 Å². The van der Waals surface area contributed by atoms with Crippen LogP contribution in [0.3, 0.4) is 0 Å². The van der Waals surface area contributed by atoms with Crippen LogP contribution in [0.2, 0.25) is 0 Å². The standard InChI is InChI=1S/C19H22N6O2/c1-11-7-15(12(2)27-11)19(26)20-8-13-9-24(10-13)17-6-5-16-21-22-18(14-3-4-14)25(16)23-17/h5-7,13-14H,3-4,8-10H2,1-2H3,(H,20,26). The third-order valence-electron chi connectivity index (χ3n) is 5.33. The Kier molecular flexibility index (Phi) is 3.66. The lowest BCUT2D eigenvalue weighted by molar-refractivity contribution is 0.0943. The minimum Gasteiger partial charge on any atom is -0.466 e. The molecule has 0 bridgehead atoms. The lowest BCUT2D eigenvalue weighted by atomic mass is 10.00. The molecule has 1 N–H and O–H groups in total. The van der Waals surface area contributed by atoms with Crippen molar-refractivity contribution >= 4 is 17.4 Å². The Labute approximate surface area is 156 Å². The third-order valence-corrected chi connectivity index (χ3v) is 5.33. The number of fused-ring (bicyclic) bond motifs is 1. The van der Waals surface area contributed by atoms with Gasteiger partial charge in [0.1, 0.15) is 17.3 Å². The second-order valence-electron chi connectivity index (χ2n) is 7.60. The van der Waals surface area contributed by atoms with Gasteiger partial charge < -0.3 is 14.6 Å². The number of anilines is 1. The van der Waals surface area contributed by atoms with Crippen LogP contribution < -0.4 is 10.2 Å². The topological polar surface area (TPSA) is 88.6 Å². The van der Waals surface area contributed by atoms with E-state index in [1.54, 1.807) is 6.07 Å². The molecule has 1 aliphatic heterocycles. The van der Waals surface area contributed by atoms with Gasteiger partial charge in [-0.25, -0.2) is 0 Å². The van der Waals surface area contributed by atoms with Crippen LogP contribution in [-0.2, 0) is 0 Å². The number of carbonyl (C=O) groups is 1. The van der Waals surface area contributed by atoms with Crippen molar-refractivity contribution in [1.29, 1.82) is 0 Å². The van der Waals surface area contributed by atoms with Gasteiger partial charge in [-0.3, -0.25) is 4.79 Å². The van der Waals surface area contributed by atoms with E-state index in [1.807, 2.05) is 30.5 Å². The molecule has 5 rings (SSSR count). The van der Waals surface area contributed by atoms with Crippen molar-refractivity contribution < 1.29 is 9.21 Å². The molecule has 140 valence electrons. The van der Waals surface area contributed by atoms with Gasteiger partial charge in [0, 0.05) is 31.5 Å². The van der Waals surface area contributed by atoms with Gasteiger partial charge in [-0.15, -0.1) is 15.3 Å². The van der Waals surface area contributed by atoms with Gasteiger partial charge >= 0.3 is 0 Å². The van der Waals surface area contributed by atoms with E-state index in [9.17, 15) is 4.79 Å². The summed E-state index contributed by atoms with van der Waals surface area (Å²) in [7, 11) is 0. The first-order chi connectivity index (χ1) is 13.1. The molecule has 4 heterocycles. The average molecular weight is 366 g/mol. The Morgan fingerprint density at radius 3 is 2.78 bits per heavy atom. The molecule has 8 heteroatoms. The molecule has 1 saturated heterocycles. The van der Waals surface area contributed by atoms with Gasteiger partial charge in [0.15, 0.2) is 11.5 Å². The molecule has 27 heavy (non-hydrogen) atoms. The zero-order valence-corrected chi connectivity index (χ0v) is 15.5. The fourth-order valence-corrected chi connectivity index (χ4v) is 3.64. The minimum absolute atomic E-state index is 0.0686. The summed E-state index contributed by atoms with van der Waals surface area (Å²) in [4.78, 5) is 14.5. The van der Waals surface area contributed by atoms with E-state index < -0.39 is 0 Å². The van der Waals surface area contributed by atoms with E-state index in [0.29, 0.717) is 29.7 Å². The fourth-order valence-electron chi connectivity index (χ4n) is 3.64. The van der Waals surface area contributed by atoms with Gasteiger partial charge in [0.25, 0.3) is 5.91 Å². The minimum atomic E-state index is -0.0686. The summed E-state index contributed by atoms with van der Waals surface area (Å²) in [6, 6.07) is 5.75. The normalized spacial score (nSPS) is 17.3. The predicted molar refractivity (Wildman–Crippen MR) is 99.0 cm³/mol. The van der Waals surface area contributed by atoms with Crippen molar-refractivity contribution in [2.24, 2.45) is 5.92 Å². The van der Waals surface area contributed by atoms with Crippen LogP contribution in [0, 0.1) is 19.8 Å². The first-order valence-corrected chi connectivity index (χ1v) is 9.41. The number of furan rings is 1. The van der Waals surface area contributed by atoms with Crippen LogP contribution in [0.25, 0.3) is 5.65 Å². The molecule has 1 saturated carbocycles. The van der Waals surface area contributed by atoms with Crippen LogP contribution in [-0.4, -0.2) is 45.4 Å². The first kappa shape index (κ1) is 16.3. The summed E-state index contributed by atoms with van der Waals surface area (Å²) in [5, 5.41) is 16.2. The number of aromatic nitrogens is 4. The van der Waals surface area contributed by atoms with E-state index >= 15 is 0 Å². The molecule has 2 fully saturated rings. The van der Waals surface area contributed by atoms with E-state index in [2.05, 4.69) is 20.4 Å². The monoisotopic (exact) mass is 366 g/mol. The van der Waals surface area contributed by atoms with Gasteiger partial charge in [-0.05, 0) is 44.9 Å². The lowest BCUT2D eigenvalue weighted by Gasteiger charge is -2.40. The summed E-state index contributed by atoms with van der Waals surface area (Å²) in [5.74, 6) is 4.20. The maximum atomic E-state index is 12.3. The van der Waals surface area contributed by atoms with Crippen molar-refractivity contribution in [3.8, 4) is 0 Å². The Morgan fingerprint density at radius 1 is 1.26 bits per heavy atom. The summed E-state index contributed by atoms with van der Waals surface area (Å²) < 4.78 is 7.31. The zero-order valence-electron chi connectivity index (χ0n) is 15.5.